The predicted molar refractivity (Wildman–Crippen MR) is 70.8 cm³/mol. The number of rotatable bonds is 7. The molecule has 0 nitrogen and oxygen atoms in total. The van der Waals surface area contributed by atoms with E-state index in [4.69, 9.17) is 11.6 Å². The summed E-state index contributed by atoms with van der Waals surface area (Å²) in [6, 6.07) is 10.5. The normalized spacial score (nSPS) is 12.3. The van der Waals surface area contributed by atoms with Crippen LogP contribution in [0.25, 0.3) is 0 Å². The van der Waals surface area contributed by atoms with Crippen LogP contribution in [-0.4, -0.2) is 11.6 Å². The zero-order chi connectivity index (χ0) is 10.9. The van der Waals surface area contributed by atoms with Crippen LogP contribution in [0.2, 0.25) is 0 Å². The van der Waals surface area contributed by atoms with Crippen molar-refractivity contribution in [2.75, 3.05) is 11.6 Å². The molecule has 0 spiro atoms. The summed E-state index contributed by atoms with van der Waals surface area (Å²) in [6.45, 7) is 3.84. The van der Waals surface area contributed by atoms with Crippen LogP contribution in [0.15, 0.2) is 47.9 Å². The largest absolute Gasteiger partial charge is 0.127 e. The second-order valence-corrected chi connectivity index (χ2v) is 4.97. The van der Waals surface area contributed by atoms with Crippen LogP contribution >= 0.6 is 23.4 Å². The number of benzene rings is 1. The zero-order valence-electron chi connectivity index (χ0n) is 8.86. The molecule has 0 saturated heterocycles. The van der Waals surface area contributed by atoms with Crippen molar-refractivity contribution >= 4 is 23.4 Å². The molecule has 0 heterocycles. The van der Waals surface area contributed by atoms with E-state index in [1.165, 1.54) is 4.90 Å². The van der Waals surface area contributed by atoms with Crippen molar-refractivity contribution in [1.82, 2.24) is 0 Å². The number of halogens is 1. The SMILES string of the molecule is C=CC(CCCl)CCSc1ccccc1. The molecular weight excluding hydrogens is 224 g/mol. The summed E-state index contributed by atoms with van der Waals surface area (Å²) in [4.78, 5) is 1.34. The summed E-state index contributed by atoms with van der Waals surface area (Å²) in [5, 5.41) is 0. The Morgan fingerprint density at radius 3 is 2.60 bits per heavy atom. The Bertz CT molecular complexity index is 271. The van der Waals surface area contributed by atoms with Crippen LogP contribution in [0.1, 0.15) is 12.8 Å². The second kappa shape index (κ2) is 7.84. The Hall–Kier alpha value is -0.400. The fourth-order valence-electron chi connectivity index (χ4n) is 1.37. The topological polar surface area (TPSA) is 0 Å². The fraction of sp³-hybridized carbons (Fsp3) is 0.385. The van der Waals surface area contributed by atoms with Crippen molar-refractivity contribution < 1.29 is 0 Å². The minimum Gasteiger partial charge on any atom is -0.127 e. The zero-order valence-corrected chi connectivity index (χ0v) is 10.4. The molecule has 0 amide bonds. The van der Waals surface area contributed by atoms with Crippen LogP contribution in [0.5, 0.6) is 0 Å². The van der Waals surface area contributed by atoms with Gasteiger partial charge in [0.15, 0.2) is 0 Å². The third-order valence-corrected chi connectivity index (χ3v) is 3.58. The van der Waals surface area contributed by atoms with Crippen molar-refractivity contribution in [3.05, 3.63) is 43.0 Å². The molecule has 82 valence electrons. The van der Waals surface area contributed by atoms with E-state index >= 15 is 0 Å². The van der Waals surface area contributed by atoms with Crippen molar-refractivity contribution in [2.24, 2.45) is 5.92 Å². The Balaban J connectivity index is 2.23. The fourth-order valence-corrected chi connectivity index (χ4v) is 2.65. The predicted octanol–water partition coefficient (Wildman–Crippen LogP) is 4.60. The highest BCUT2D eigenvalue weighted by Gasteiger charge is 2.03. The molecular formula is C13H17ClS. The highest BCUT2D eigenvalue weighted by atomic mass is 35.5. The maximum atomic E-state index is 5.72. The number of alkyl halides is 1. The number of hydrogen-bond donors (Lipinski definition) is 0. The van der Waals surface area contributed by atoms with Crippen LogP contribution in [0.4, 0.5) is 0 Å². The lowest BCUT2D eigenvalue weighted by molar-refractivity contribution is 0.616. The second-order valence-electron chi connectivity index (χ2n) is 3.42. The summed E-state index contributed by atoms with van der Waals surface area (Å²) >= 11 is 7.62. The molecule has 0 aliphatic heterocycles. The van der Waals surface area contributed by atoms with Gasteiger partial charge in [-0.05, 0) is 36.6 Å². The van der Waals surface area contributed by atoms with Gasteiger partial charge in [-0.1, -0.05) is 24.3 Å². The molecule has 1 rings (SSSR count). The molecule has 1 aromatic carbocycles. The van der Waals surface area contributed by atoms with Crippen molar-refractivity contribution in [2.45, 2.75) is 17.7 Å². The van der Waals surface area contributed by atoms with Crippen molar-refractivity contribution in [3.8, 4) is 0 Å². The van der Waals surface area contributed by atoms with Crippen LogP contribution in [0, 0.1) is 5.92 Å². The average molecular weight is 241 g/mol. The van der Waals surface area contributed by atoms with Crippen LogP contribution < -0.4 is 0 Å². The molecule has 0 saturated carbocycles. The first kappa shape index (κ1) is 12.7. The molecule has 0 aliphatic carbocycles. The third-order valence-electron chi connectivity index (χ3n) is 2.31. The molecule has 0 bridgehead atoms. The molecule has 15 heavy (non-hydrogen) atoms. The molecule has 0 radical (unpaired) electrons. The van der Waals surface area contributed by atoms with E-state index in [9.17, 15) is 0 Å². The highest BCUT2D eigenvalue weighted by Crippen LogP contribution is 2.21. The molecule has 1 aromatic rings. The lowest BCUT2D eigenvalue weighted by Crippen LogP contribution is -1.98. The van der Waals surface area contributed by atoms with E-state index in [1.54, 1.807) is 0 Å². The summed E-state index contributed by atoms with van der Waals surface area (Å²) in [5.41, 5.74) is 0. The first-order valence-electron chi connectivity index (χ1n) is 5.23. The molecule has 0 aromatic heterocycles. The minimum atomic E-state index is 0.568. The lowest BCUT2D eigenvalue weighted by Gasteiger charge is -2.09. The minimum absolute atomic E-state index is 0.568. The van der Waals surface area contributed by atoms with Crippen molar-refractivity contribution in [3.63, 3.8) is 0 Å². The van der Waals surface area contributed by atoms with Gasteiger partial charge in [0.25, 0.3) is 0 Å². The third kappa shape index (κ3) is 5.29. The summed E-state index contributed by atoms with van der Waals surface area (Å²) in [5.74, 6) is 2.43. The van der Waals surface area contributed by atoms with E-state index in [1.807, 2.05) is 23.9 Å². The van der Waals surface area contributed by atoms with E-state index in [2.05, 4.69) is 30.8 Å². The quantitative estimate of drug-likeness (QED) is 0.381. The Morgan fingerprint density at radius 2 is 2.00 bits per heavy atom. The first-order valence-corrected chi connectivity index (χ1v) is 6.75. The Labute approximate surface area is 102 Å². The standard InChI is InChI=1S/C13H17ClS/c1-2-12(8-10-14)9-11-15-13-6-4-3-5-7-13/h2-7,12H,1,8-11H2. The first-order chi connectivity index (χ1) is 7.36. The summed E-state index contributed by atoms with van der Waals surface area (Å²) < 4.78 is 0. The van der Waals surface area contributed by atoms with E-state index < -0.39 is 0 Å². The molecule has 0 fully saturated rings. The van der Waals surface area contributed by atoms with Gasteiger partial charge in [0.2, 0.25) is 0 Å². The van der Waals surface area contributed by atoms with Gasteiger partial charge in [-0.25, -0.2) is 0 Å². The van der Waals surface area contributed by atoms with Gasteiger partial charge >= 0.3 is 0 Å². The number of allylic oxidation sites excluding steroid dienone is 1. The van der Waals surface area contributed by atoms with Crippen LogP contribution in [0.3, 0.4) is 0 Å². The Kier molecular flexibility index (Phi) is 6.62. The summed E-state index contributed by atoms with van der Waals surface area (Å²) in [7, 11) is 0. The maximum absolute atomic E-state index is 5.72. The maximum Gasteiger partial charge on any atom is 0.0229 e. The smallest absolute Gasteiger partial charge is 0.0229 e. The average Bonchev–Trinajstić information content (AvgIpc) is 2.29. The van der Waals surface area contributed by atoms with Crippen LogP contribution in [-0.2, 0) is 0 Å². The molecule has 0 N–H and O–H groups in total. The number of thioether (sulfide) groups is 1. The van der Waals surface area contributed by atoms with E-state index in [0.29, 0.717) is 5.92 Å². The van der Waals surface area contributed by atoms with Gasteiger partial charge in [0.05, 0.1) is 0 Å². The molecule has 1 unspecified atom stereocenters. The van der Waals surface area contributed by atoms with E-state index in [0.717, 1.165) is 24.5 Å². The summed E-state index contributed by atoms with van der Waals surface area (Å²) in [6.07, 6.45) is 4.23. The number of hydrogen-bond acceptors (Lipinski definition) is 1. The monoisotopic (exact) mass is 240 g/mol. The van der Waals surface area contributed by atoms with Gasteiger partial charge in [-0.15, -0.1) is 29.9 Å². The molecule has 2 heteroatoms. The van der Waals surface area contributed by atoms with E-state index in [-0.39, 0.29) is 0 Å². The van der Waals surface area contributed by atoms with Gasteiger partial charge < -0.3 is 0 Å². The van der Waals surface area contributed by atoms with Gasteiger partial charge in [0, 0.05) is 10.8 Å². The Morgan fingerprint density at radius 1 is 1.27 bits per heavy atom. The van der Waals surface area contributed by atoms with Gasteiger partial charge in [0.1, 0.15) is 0 Å². The molecule has 1 atom stereocenters. The lowest BCUT2D eigenvalue weighted by atomic mass is 10.0. The van der Waals surface area contributed by atoms with Gasteiger partial charge in [-0.3, -0.25) is 0 Å². The van der Waals surface area contributed by atoms with Crippen molar-refractivity contribution in [1.29, 1.82) is 0 Å². The molecule has 0 aliphatic rings. The highest BCUT2D eigenvalue weighted by molar-refractivity contribution is 7.99. The van der Waals surface area contributed by atoms with Gasteiger partial charge in [-0.2, -0.15) is 0 Å².